The van der Waals surface area contributed by atoms with E-state index >= 15 is 0 Å². The van der Waals surface area contributed by atoms with Gasteiger partial charge in [-0.15, -0.1) is 0 Å². The molecule has 1 N–H and O–H groups in total. The van der Waals surface area contributed by atoms with Crippen LogP contribution in [0.2, 0.25) is 0 Å². The molecular weight excluding hydrogens is 442 g/mol. The van der Waals surface area contributed by atoms with Crippen LogP contribution >= 0.6 is 0 Å². The van der Waals surface area contributed by atoms with Crippen molar-refractivity contribution < 1.29 is 4.79 Å². The molecule has 9 heteroatoms. The molecule has 0 amide bonds. The van der Waals surface area contributed by atoms with Gasteiger partial charge in [0.05, 0.1) is 5.52 Å². The van der Waals surface area contributed by atoms with Gasteiger partial charge in [-0.3, -0.25) is 14.3 Å². The lowest BCUT2D eigenvalue weighted by molar-refractivity contribution is 0.103. The van der Waals surface area contributed by atoms with Gasteiger partial charge in [-0.05, 0) is 44.0 Å². The summed E-state index contributed by atoms with van der Waals surface area (Å²) in [5.41, 5.74) is 4.45. The second kappa shape index (κ2) is 8.19. The predicted molar refractivity (Wildman–Crippen MR) is 134 cm³/mol. The summed E-state index contributed by atoms with van der Waals surface area (Å²) in [7, 11) is 1.94. The van der Waals surface area contributed by atoms with Gasteiger partial charge in [0.1, 0.15) is 17.8 Å². The third-order valence-corrected chi connectivity index (χ3v) is 6.92. The van der Waals surface area contributed by atoms with Crippen LogP contribution in [0.1, 0.15) is 40.5 Å². The number of carbonyl (C=O) groups is 1. The molecule has 1 saturated heterocycles. The summed E-state index contributed by atoms with van der Waals surface area (Å²) in [6, 6.07) is 11.7. The monoisotopic (exact) mass is 467 g/mol. The second-order valence-electron chi connectivity index (χ2n) is 9.15. The number of hydrogen-bond acceptors (Lipinski definition) is 6. The number of H-pyrrole nitrogens is 1. The van der Waals surface area contributed by atoms with E-state index in [1.54, 1.807) is 12.3 Å². The highest BCUT2D eigenvalue weighted by Gasteiger charge is 2.25. The highest BCUT2D eigenvalue weighted by Crippen LogP contribution is 2.28. The minimum atomic E-state index is -0.127. The highest BCUT2D eigenvalue weighted by atomic mass is 16.1. The zero-order valence-electron chi connectivity index (χ0n) is 19.6. The van der Waals surface area contributed by atoms with Crippen molar-refractivity contribution in [3.63, 3.8) is 0 Å². The van der Waals surface area contributed by atoms with Crippen LogP contribution in [-0.2, 0) is 7.05 Å². The minimum absolute atomic E-state index is 0.0820. The number of nitrogens with zero attached hydrogens (tertiary/aromatic N) is 6. The van der Waals surface area contributed by atoms with Crippen molar-refractivity contribution in [3.05, 3.63) is 82.4 Å². The number of aromatic amines is 1. The number of pyridine rings is 1. The largest absolute Gasteiger partial charge is 0.356 e. The van der Waals surface area contributed by atoms with E-state index in [0.29, 0.717) is 16.9 Å². The molecule has 0 saturated carbocycles. The third kappa shape index (κ3) is 3.60. The number of ketones is 1. The van der Waals surface area contributed by atoms with Gasteiger partial charge in [-0.25, -0.2) is 19.7 Å². The molecule has 5 heterocycles. The number of carbonyl (C=O) groups excluding carboxylic acids is 1. The lowest BCUT2D eigenvalue weighted by Crippen LogP contribution is -2.37. The first-order valence-electron chi connectivity index (χ1n) is 11.7. The maximum absolute atomic E-state index is 13.4. The molecule has 0 radical (unpaired) electrons. The Morgan fingerprint density at radius 3 is 2.71 bits per heavy atom. The lowest BCUT2D eigenvalue weighted by atomic mass is 10.0. The Bertz CT molecular complexity index is 1640. The Morgan fingerprint density at radius 1 is 1.06 bits per heavy atom. The fourth-order valence-corrected chi connectivity index (χ4v) is 5.14. The van der Waals surface area contributed by atoms with Crippen LogP contribution in [0.5, 0.6) is 0 Å². The molecule has 1 fully saturated rings. The molecule has 0 spiro atoms. The maximum atomic E-state index is 13.4. The molecule has 6 rings (SSSR count). The smallest absolute Gasteiger partial charge is 0.327 e. The van der Waals surface area contributed by atoms with Crippen molar-refractivity contribution in [3.8, 4) is 0 Å². The number of hydrogen-bond donors (Lipinski definition) is 1. The van der Waals surface area contributed by atoms with E-state index in [1.807, 2.05) is 59.6 Å². The molecule has 0 atom stereocenters. The quantitative estimate of drug-likeness (QED) is 0.407. The average Bonchev–Trinajstić information content (AvgIpc) is 3.39. The molecule has 1 aromatic carbocycles. The Morgan fingerprint density at radius 2 is 1.89 bits per heavy atom. The number of imidazole rings is 1. The highest BCUT2D eigenvalue weighted by molar-refractivity contribution is 6.15. The van der Waals surface area contributed by atoms with Crippen molar-refractivity contribution in [1.29, 1.82) is 0 Å². The molecule has 0 unspecified atom stereocenters. The molecule has 1 aliphatic rings. The number of fused-ring (bicyclic) bond motifs is 2. The number of rotatable bonds is 4. The first kappa shape index (κ1) is 21.3. The Balaban J connectivity index is 1.24. The van der Waals surface area contributed by atoms with Crippen LogP contribution in [-0.4, -0.2) is 47.9 Å². The van der Waals surface area contributed by atoms with Crippen molar-refractivity contribution in [1.82, 2.24) is 29.1 Å². The summed E-state index contributed by atoms with van der Waals surface area (Å²) in [4.78, 5) is 44.0. The van der Waals surface area contributed by atoms with Crippen LogP contribution in [0.25, 0.3) is 22.1 Å². The molecule has 4 aromatic heterocycles. The van der Waals surface area contributed by atoms with Crippen molar-refractivity contribution in [2.24, 2.45) is 7.05 Å². The van der Waals surface area contributed by atoms with Crippen molar-refractivity contribution >= 4 is 33.7 Å². The molecule has 176 valence electrons. The predicted octanol–water partition coefficient (Wildman–Crippen LogP) is 3.39. The van der Waals surface area contributed by atoms with Crippen LogP contribution in [0.15, 0.2) is 59.9 Å². The van der Waals surface area contributed by atoms with Gasteiger partial charge in [0, 0.05) is 61.1 Å². The number of aromatic nitrogens is 6. The molecular formula is C26H25N7O2. The van der Waals surface area contributed by atoms with Crippen LogP contribution < -0.4 is 10.6 Å². The molecule has 0 aliphatic carbocycles. The van der Waals surface area contributed by atoms with Gasteiger partial charge < -0.3 is 9.47 Å². The number of nitrogens with one attached hydrogen (secondary N) is 1. The van der Waals surface area contributed by atoms with E-state index < -0.39 is 0 Å². The summed E-state index contributed by atoms with van der Waals surface area (Å²) in [6.45, 7) is 3.47. The Hall–Kier alpha value is -4.27. The first-order chi connectivity index (χ1) is 17.0. The SMILES string of the molecule is Cc1ccc2c(c1)c(C(=O)c1cc(N3CCC(n4c(=O)[nH]c5ncccc54)CC3)ncn1)cn2C. The van der Waals surface area contributed by atoms with E-state index in [4.69, 9.17) is 0 Å². The van der Waals surface area contributed by atoms with E-state index in [0.717, 1.165) is 53.7 Å². The van der Waals surface area contributed by atoms with Crippen LogP contribution in [0, 0.1) is 6.92 Å². The fraction of sp³-hybridized carbons (Fsp3) is 0.269. The summed E-state index contributed by atoms with van der Waals surface area (Å²) in [5.74, 6) is 0.615. The zero-order chi connectivity index (χ0) is 24.1. The van der Waals surface area contributed by atoms with E-state index in [-0.39, 0.29) is 17.5 Å². The second-order valence-corrected chi connectivity index (χ2v) is 9.15. The van der Waals surface area contributed by atoms with Crippen molar-refractivity contribution in [2.75, 3.05) is 18.0 Å². The van der Waals surface area contributed by atoms with Gasteiger partial charge in [-0.1, -0.05) is 11.6 Å². The number of piperidine rings is 1. The number of anilines is 1. The lowest BCUT2D eigenvalue weighted by Gasteiger charge is -2.33. The summed E-state index contributed by atoms with van der Waals surface area (Å²) < 4.78 is 3.79. The summed E-state index contributed by atoms with van der Waals surface area (Å²) in [5, 5.41) is 0.928. The first-order valence-corrected chi connectivity index (χ1v) is 11.7. The van der Waals surface area contributed by atoms with Crippen LogP contribution in [0.4, 0.5) is 5.82 Å². The van der Waals surface area contributed by atoms with Gasteiger partial charge in [0.25, 0.3) is 0 Å². The number of aryl methyl sites for hydroxylation is 2. The Kier molecular flexibility index (Phi) is 4.98. The van der Waals surface area contributed by atoms with E-state index in [9.17, 15) is 9.59 Å². The van der Waals surface area contributed by atoms with Gasteiger partial charge >= 0.3 is 5.69 Å². The Labute approximate surface area is 201 Å². The zero-order valence-corrected chi connectivity index (χ0v) is 19.6. The van der Waals surface area contributed by atoms with Gasteiger partial charge in [0.2, 0.25) is 5.78 Å². The maximum Gasteiger partial charge on any atom is 0.327 e. The molecule has 9 nitrogen and oxygen atoms in total. The topological polar surface area (TPSA) is 102 Å². The normalized spacial score (nSPS) is 14.7. The minimum Gasteiger partial charge on any atom is -0.356 e. The van der Waals surface area contributed by atoms with Gasteiger partial charge in [-0.2, -0.15) is 0 Å². The summed E-state index contributed by atoms with van der Waals surface area (Å²) in [6.07, 6.45) is 6.59. The molecule has 35 heavy (non-hydrogen) atoms. The summed E-state index contributed by atoms with van der Waals surface area (Å²) >= 11 is 0. The average molecular weight is 468 g/mol. The van der Waals surface area contributed by atoms with Crippen LogP contribution in [0.3, 0.4) is 0 Å². The fourth-order valence-electron chi connectivity index (χ4n) is 5.14. The number of benzene rings is 1. The van der Waals surface area contributed by atoms with Crippen molar-refractivity contribution in [2.45, 2.75) is 25.8 Å². The molecule has 5 aromatic rings. The van der Waals surface area contributed by atoms with Gasteiger partial charge in [0.15, 0.2) is 5.65 Å². The van der Waals surface area contributed by atoms with E-state index in [2.05, 4.69) is 24.8 Å². The standard InChI is InChI=1S/C26H25N7O2/c1-16-5-6-21-18(12-16)19(14-31(21)2)24(34)20-13-23(29-15-28-20)32-10-7-17(8-11-32)33-22-4-3-9-27-25(22)30-26(33)35/h3-6,9,12-15,17H,7-8,10-11H2,1-2H3,(H,27,30,35). The molecule has 0 bridgehead atoms. The van der Waals surface area contributed by atoms with E-state index in [1.165, 1.54) is 6.33 Å². The third-order valence-electron chi connectivity index (χ3n) is 6.92. The molecule has 1 aliphatic heterocycles.